The third-order valence-electron chi connectivity index (χ3n) is 3.31. The number of ether oxygens (including phenoxy) is 1. The van der Waals surface area contributed by atoms with E-state index in [1.807, 2.05) is 47.0 Å². The average Bonchev–Trinajstić information content (AvgIpc) is 2.86. The Balaban J connectivity index is 2.21. The van der Waals surface area contributed by atoms with Gasteiger partial charge < -0.3 is 16.2 Å². The fourth-order valence-electron chi connectivity index (χ4n) is 2.33. The van der Waals surface area contributed by atoms with Crippen molar-refractivity contribution in [3.8, 4) is 17.1 Å². The SMILES string of the molecule is COc1ccc(-c2nc(CN)c3ccccn23)cc1N. The second-order valence-corrected chi connectivity index (χ2v) is 4.50. The normalized spacial score (nSPS) is 10.9. The molecular formula is C15H16N4O. The summed E-state index contributed by atoms with van der Waals surface area (Å²) in [5.41, 5.74) is 15.1. The molecule has 0 spiro atoms. The zero-order valence-electron chi connectivity index (χ0n) is 11.2. The summed E-state index contributed by atoms with van der Waals surface area (Å²) in [5, 5.41) is 0. The molecule has 5 heteroatoms. The first-order valence-corrected chi connectivity index (χ1v) is 6.34. The lowest BCUT2D eigenvalue weighted by Gasteiger charge is -2.06. The van der Waals surface area contributed by atoms with Crippen molar-refractivity contribution in [3.63, 3.8) is 0 Å². The van der Waals surface area contributed by atoms with Crippen LogP contribution in [0.15, 0.2) is 42.6 Å². The number of benzene rings is 1. The fraction of sp³-hybridized carbons (Fsp3) is 0.133. The van der Waals surface area contributed by atoms with E-state index in [9.17, 15) is 0 Å². The average molecular weight is 268 g/mol. The number of imidazole rings is 1. The molecule has 1 aromatic carbocycles. The topological polar surface area (TPSA) is 78.6 Å². The first kappa shape index (κ1) is 12.5. The Labute approximate surface area is 116 Å². The van der Waals surface area contributed by atoms with Gasteiger partial charge in [0.15, 0.2) is 0 Å². The third-order valence-corrected chi connectivity index (χ3v) is 3.31. The summed E-state index contributed by atoms with van der Waals surface area (Å²) in [5.74, 6) is 1.49. The van der Waals surface area contributed by atoms with E-state index in [1.165, 1.54) is 0 Å². The van der Waals surface area contributed by atoms with Crippen LogP contribution in [0.4, 0.5) is 5.69 Å². The minimum absolute atomic E-state index is 0.402. The molecule has 0 aliphatic carbocycles. The Morgan fingerprint density at radius 1 is 1.25 bits per heavy atom. The van der Waals surface area contributed by atoms with E-state index in [4.69, 9.17) is 16.2 Å². The Hall–Kier alpha value is -2.53. The van der Waals surface area contributed by atoms with Gasteiger partial charge in [-0.1, -0.05) is 6.07 Å². The van der Waals surface area contributed by atoms with Gasteiger partial charge in [-0.05, 0) is 30.3 Å². The number of aromatic nitrogens is 2. The molecule has 0 bridgehead atoms. The van der Waals surface area contributed by atoms with Crippen molar-refractivity contribution >= 4 is 11.2 Å². The molecule has 0 saturated carbocycles. The monoisotopic (exact) mass is 268 g/mol. The van der Waals surface area contributed by atoms with Gasteiger partial charge in [-0.2, -0.15) is 0 Å². The van der Waals surface area contributed by atoms with Crippen LogP contribution in [0.3, 0.4) is 0 Å². The largest absolute Gasteiger partial charge is 0.495 e. The molecule has 5 nitrogen and oxygen atoms in total. The molecule has 20 heavy (non-hydrogen) atoms. The third kappa shape index (κ3) is 1.88. The van der Waals surface area contributed by atoms with E-state index >= 15 is 0 Å². The van der Waals surface area contributed by atoms with Gasteiger partial charge in [-0.3, -0.25) is 4.40 Å². The van der Waals surface area contributed by atoms with Crippen molar-refractivity contribution < 1.29 is 4.74 Å². The lowest BCUT2D eigenvalue weighted by Crippen LogP contribution is -1.96. The highest BCUT2D eigenvalue weighted by atomic mass is 16.5. The lowest BCUT2D eigenvalue weighted by molar-refractivity contribution is 0.417. The zero-order valence-corrected chi connectivity index (χ0v) is 11.2. The highest BCUT2D eigenvalue weighted by molar-refractivity contribution is 5.70. The van der Waals surface area contributed by atoms with E-state index in [1.54, 1.807) is 7.11 Å². The van der Waals surface area contributed by atoms with Crippen LogP contribution >= 0.6 is 0 Å². The van der Waals surface area contributed by atoms with Crippen LogP contribution in [-0.2, 0) is 6.54 Å². The Morgan fingerprint density at radius 2 is 2.10 bits per heavy atom. The quantitative estimate of drug-likeness (QED) is 0.713. The maximum absolute atomic E-state index is 5.97. The predicted octanol–water partition coefficient (Wildman–Crippen LogP) is 2.05. The van der Waals surface area contributed by atoms with Crippen LogP contribution in [0.1, 0.15) is 5.69 Å². The Bertz CT molecular complexity index is 764. The molecule has 0 radical (unpaired) electrons. The van der Waals surface area contributed by atoms with Crippen molar-refractivity contribution in [1.29, 1.82) is 0 Å². The van der Waals surface area contributed by atoms with Gasteiger partial charge >= 0.3 is 0 Å². The van der Waals surface area contributed by atoms with E-state index in [-0.39, 0.29) is 0 Å². The van der Waals surface area contributed by atoms with Gasteiger partial charge in [-0.15, -0.1) is 0 Å². The molecule has 0 unspecified atom stereocenters. The highest BCUT2D eigenvalue weighted by Gasteiger charge is 2.12. The van der Waals surface area contributed by atoms with E-state index in [0.29, 0.717) is 18.0 Å². The van der Waals surface area contributed by atoms with Gasteiger partial charge in [0.1, 0.15) is 11.6 Å². The molecule has 3 rings (SSSR count). The summed E-state index contributed by atoms with van der Waals surface area (Å²) in [6, 6.07) is 11.6. The number of fused-ring (bicyclic) bond motifs is 1. The van der Waals surface area contributed by atoms with Gasteiger partial charge in [0.25, 0.3) is 0 Å². The molecule has 4 N–H and O–H groups in total. The van der Waals surface area contributed by atoms with Crippen LogP contribution in [0.25, 0.3) is 16.9 Å². The van der Waals surface area contributed by atoms with E-state index in [2.05, 4.69) is 4.98 Å². The summed E-state index contributed by atoms with van der Waals surface area (Å²) < 4.78 is 7.19. The first-order valence-electron chi connectivity index (χ1n) is 6.34. The van der Waals surface area contributed by atoms with Crippen molar-refractivity contribution in [1.82, 2.24) is 9.38 Å². The van der Waals surface area contributed by atoms with Gasteiger partial charge in [0.05, 0.1) is 24.0 Å². The van der Waals surface area contributed by atoms with Crippen LogP contribution < -0.4 is 16.2 Å². The summed E-state index contributed by atoms with van der Waals surface area (Å²) in [6.07, 6.45) is 1.97. The number of nitrogen functional groups attached to an aromatic ring is 1. The molecule has 3 aromatic rings. The van der Waals surface area contributed by atoms with E-state index < -0.39 is 0 Å². The molecule has 0 saturated heterocycles. The predicted molar refractivity (Wildman–Crippen MR) is 79.5 cm³/mol. The summed E-state index contributed by atoms with van der Waals surface area (Å²) >= 11 is 0. The number of rotatable bonds is 3. The number of nitrogens with zero attached hydrogens (tertiary/aromatic N) is 2. The van der Waals surface area contributed by atoms with Crippen LogP contribution in [0, 0.1) is 0 Å². The summed E-state index contributed by atoms with van der Waals surface area (Å²) in [6.45, 7) is 0.402. The smallest absolute Gasteiger partial charge is 0.144 e. The molecule has 0 aliphatic rings. The van der Waals surface area contributed by atoms with Crippen molar-refractivity contribution in [2.75, 3.05) is 12.8 Å². The number of pyridine rings is 1. The summed E-state index contributed by atoms with van der Waals surface area (Å²) in [7, 11) is 1.60. The Morgan fingerprint density at radius 3 is 2.80 bits per heavy atom. The highest BCUT2D eigenvalue weighted by Crippen LogP contribution is 2.29. The van der Waals surface area contributed by atoms with Gasteiger partial charge in [0.2, 0.25) is 0 Å². The van der Waals surface area contributed by atoms with E-state index in [0.717, 1.165) is 22.6 Å². The second-order valence-electron chi connectivity index (χ2n) is 4.50. The maximum atomic E-state index is 5.97. The fourth-order valence-corrected chi connectivity index (χ4v) is 2.33. The second kappa shape index (κ2) is 4.86. The standard InChI is InChI=1S/C15H16N4O/c1-20-14-6-5-10(8-11(14)17)15-18-12(9-16)13-4-2-3-7-19(13)15/h2-8H,9,16-17H2,1H3. The summed E-state index contributed by atoms with van der Waals surface area (Å²) in [4.78, 5) is 4.62. The van der Waals surface area contributed by atoms with Gasteiger partial charge in [-0.25, -0.2) is 4.98 Å². The van der Waals surface area contributed by atoms with Crippen LogP contribution in [-0.4, -0.2) is 16.5 Å². The molecule has 102 valence electrons. The minimum atomic E-state index is 0.402. The number of nitrogens with two attached hydrogens (primary N) is 2. The van der Waals surface area contributed by atoms with Gasteiger partial charge in [0, 0.05) is 18.3 Å². The lowest BCUT2D eigenvalue weighted by atomic mass is 10.2. The molecule has 0 fully saturated rings. The van der Waals surface area contributed by atoms with Crippen LogP contribution in [0.2, 0.25) is 0 Å². The number of hydrogen-bond donors (Lipinski definition) is 2. The minimum Gasteiger partial charge on any atom is -0.495 e. The van der Waals surface area contributed by atoms with Crippen molar-refractivity contribution in [2.45, 2.75) is 6.54 Å². The molecular weight excluding hydrogens is 252 g/mol. The molecule has 2 heterocycles. The molecule has 2 aromatic heterocycles. The number of anilines is 1. The number of hydrogen-bond acceptors (Lipinski definition) is 4. The van der Waals surface area contributed by atoms with Crippen molar-refractivity contribution in [3.05, 3.63) is 48.3 Å². The first-order chi connectivity index (χ1) is 9.74. The maximum Gasteiger partial charge on any atom is 0.144 e. The molecule has 0 atom stereocenters. The van der Waals surface area contributed by atoms with Crippen molar-refractivity contribution in [2.24, 2.45) is 5.73 Å². The molecule has 0 aliphatic heterocycles. The number of methoxy groups -OCH3 is 1. The molecule has 0 amide bonds. The van der Waals surface area contributed by atoms with Crippen LogP contribution in [0.5, 0.6) is 5.75 Å². The zero-order chi connectivity index (χ0) is 14.1. The Kier molecular flexibility index (Phi) is 3.04.